The standard InChI is InChI=1S/C22H19BrN4OS2/c1-15-6-8-16(9-7-15)13-27-19-5-3-2-4-18(19)25-22(27)29-14-21(28)26-24-12-17-10-11-20(23)30-17/h2-12H,13-14H2,1H3,(H,26,28). The third kappa shape index (κ3) is 5.19. The number of para-hydroxylation sites is 2. The van der Waals surface area contributed by atoms with Crippen molar-refractivity contribution in [3.05, 3.63) is 80.5 Å². The lowest BCUT2D eigenvalue weighted by atomic mass is 10.1. The van der Waals surface area contributed by atoms with Crippen molar-refractivity contribution < 1.29 is 4.79 Å². The monoisotopic (exact) mass is 498 g/mol. The van der Waals surface area contributed by atoms with Crippen molar-refractivity contribution >= 4 is 62.2 Å². The van der Waals surface area contributed by atoms with Gasteiger partial charge < -0.3 is 4.57 Å². The van der Waals surface area contributed by atoms with Gasteiger partial charge in [0.1, 0.15) is 0 Å². The molecule has 0 saturated heterocycles. The Hall–Kier alpha value is -2.42. The second-order valence-electron chi connectivity index (χ2n) is 6.68. The molecule has 4 aromatic rings. The maximum Gasteiger partial charge on any atom is 0.250 e. The first-order valence-electron chi connectivity index (χ1n) is 9.29. The van der Waals surface area contributed by atoms with Gasteiger partial charge in [0.2, 0.25) is 0 Å². The van der Waals surface area contributed by atoms with Gasteiger partial charge in [-0.05, 0) is 52.7 Å². The van der Waals surface area contributed by atoms with Gasteiger partial charge in [0, 0.05) is 4.88 Å². The summed E-state index contributed by atoms with van der Waals surface area (Å²) < 4.78 is 3.18. The quantitative estimate of drug-likeness (QED) is 0.209. The van der Waals surface area contributed by atoms with Crippen LogP contribution in [0.4, 0.5) is 0 Å². The molecule has 0 aliphatic rings. The fraction of sp³-hybridized carbons (Fsp3) is 0.136. The number of amides is 1. The average Bonchev–Trinajstić information content (AvgIpc) is 3.31. The number of hydrogen-bond donors (Lipinski definition) is 1. The van der Waals surface area contributed by atoms with E-state index in [1.165, 1.54) is 22.9 Å². The Bertz CT molecular complexity index is 1200. The van der Waals surface area contributed by atoms with Crippen LogP contribution in [0.15, 0.2) is 74.7 Å². The molecule has 0 unspecified atom stereocenters. The molecule has 2 aromatic heterocycles. The molecule has 0 saturated carbocycles. The first-order valence-corrected chi connectivity index (χ1v) is 11.9. The minimum atomic E-state index is -0.166. The Labute approximate surface area is 191 Å². The molecule has 1 amide bonds. The van der Waals surface area contributed by atoms with E-state index >= 15 is 0 Å². The fourth-order valence-corrected chi connectivity index (χ4v) is 5.02. The summed E-state index contributed by atoms with van der Waals surface area (Å²) in [5.74, 6) is 0.0729. The van der Waals surface area contributed by atoms with Crippen molar-refractivity contribution in [1.82, 2.24) is 15.0 Å². The lowest BCUT2D eigenvalue weighted by molar-refractivity contribution is -0.118. The molecule has 2 heterocycles. The van der Waals surface area contributed by atoms with Gasteiger partial charge in [0.15, 0.2) is 5.16 Å². The Morgan fingerprint density at radius 3 is 2.77 bits per heavy atom. The van der Waals surface area contributed by atoms with E-state index in [1.807, 2.05) is 30.3 Å². The molecule has 0 aliphatic carbocycles. The van der Waals surface area contributed by atoms with Crippen molar-refractivity contribution in [3.8, 4) is 0 Å². The van der Waals surface area contributed by atoms with E-state index in [4.69, 9.17) is 4.98 Å². The van der Waals surface area contributed by atoms with Gasteiger partial charge in [-0.25, -0.2) is 10.4 Å². The van der Waals surface area contributed by atoms with Crippen LogP contribution in [0.3, 0.4) is 0 Å². The molecule has 4 rings (SSSR count). The lowest BCUT2D eigenvalue weighted by Crippen LogP contribution is -2.20. The SMILES string of the molecule is Cc1ccc(Cn2c(SCC(=O)NN=Cc3ccc(Br)s3)nc3ccccc32)cc1. The van der Waals surface area contributed by atoms with Crippen LogP contribution < -0.4 is 5.43 Å². The highest BCUT2D eigenvalue weighted by Gasteiger charge is 2.13. The number of nitrogens with zero attached hydrogens (tertiary/aromatic N) is 3. The van der Waals surface area contributed by atoms with Crippen molar-refractivity contribution in [2.24, 2.45) is 5.10 Å². The topological polar surface area (TPSA) is 59.3 Å². The van der Waals surface area contributed by atoms with E-state index in [0.717, 1.165) is 24.9 Å². The van der Waals surface area contributed by atoms with Gasteiger partial charge in [-0.2, -0.15) is 5.10 Å². The molecule has 0 atom stereocenters. The van der Waals surface area contributed by atoms with E-state index in [0.29, 0.717) is 6.54 Å². The van der Waals surface area contributed by atoms with Crippen LogP contribution >= 0.6 is 39.0 Å². The van der Waals surface area contributed by atoms with Crippen molar-refractivity contribution in [3.63, 3.8) is 0 Å². The number of hydrazone groups is 1. The van der Waals surface area contributed by atoms with Crippen LogP contribution in [0.1, 0.15) is 16.0 Å². The second kappa shape index (κ2) is 9.59. The Kier molecular flexibility index (Phi) is 6.66. The summed E-state index contributed by atoms with van der Waals surface area (Å²) in [6.45, 7) is 2.78. The summed E-state index contributed by atoms with van der Waals surface area (Å²) >= 11 is 6.38. The van der Waals surface area contributed by atoms with Crippen LogP contribution in [0.5, 0.6) is 0 Å². The number of benzene rings is 2. The van der Waals surface area contributed by atoms with Gasteiger partial charge in [-0.15, -0.1) is 11.3 Å². The molecule has 0 spiro atoms. The number of fused-ring (bicyclic) bond motifs is 1. The predicted molar refractivity (Wildman–Crippen MR) is 128 cm³/mol. The predicted octanol–water partition coefficient (Wildman–Crippen LogP) is 5.46. The van der Waals surface area contributed by atoms with E-state index < -0.39 is 0 Å². The van der Waals surface area contributed by atoms with Crippen molar-refractivity contribution in [2.75, 3.05) is 5.75 Å². The van der Waals surface area contributed by atoms with Gasteiger partial charge in [-0.3, -0.25) is 4.79 Å². The second-order valence-corrected chi connectivity index (χ2v) is 10.1. The zero-order chi connectivity index (χ0) is 20.9. The fourth-order valence-electron chi connectivity index (χ4n) is 2.92. The molecule has 1 N–H and O–H groups in total. The van der Waals surface area contributed by atoms with Gasteiger partial charge in [0.05, 0.1) is 33.3 Å². The average molecular weight is 499 g/mol. The summed E-state index contributed by atoms with van der Waals surface area (Å²) in [5, 5.41) is 4.85. The number of imidazole rings is 1. The first-order chi connectivity index (χ1) is 14.6. The minimum absolute atomic E-state index is 0.166. The summed E-state index contributed by atoms with van der Waals surface area (Å²) in [6.07, 6.45) is 1.64. The number of aromatic nitrogens is 2. The maximum atomic E-state index is 12.2. The number of thioether (sulfide) groups is 1. The van der Waals surface area contributed by atoms with Crippen LogP contribution in [0, 0.1) is 6.92 Å². The van der Waals surface area contributed by atoms with Crippen molar-refractivity contribution in [2.45, 2.75) is 18.6 Å². The molecule has 30 heavy (non-hydrogen) atoms. The molecular weight excluding hydrogens is 480 g/mol. The number of aryl methyl sites for hydroxylation is 1. The molecule has 8 heteroatoms. The molecular formula is C22H19BrN4OS2. The third-order valence-electron chi connectivity index (χ3n) is 4.39. The summed E-state index contributed by atoms with van der Waals surface area (Å²) in [4.78, 5) is 17.9. The number of nitrogens with one attached hydrogen (secondary N) is 1. The first kappa shape index (κ1) is 20.8. The molecule has 0 bridgehead atoms. The maximum absolute atomic E-state index is 12.2. The van der Waals surface area contributed by atoms with E-state index in [9.17, 15) is 4.79 Å². The smallest absolute Gasteiger partial charge is 0.250 e. The van der Waals surface area contributed by atoms with Crippen LogP contribution in [-0.4, -0.2) is 27.4 Å². The Morgan fingerprint density at radius 1 is 1.20 bits per heavy atom. The highest BCUT2D eigenvalue weighted by Crippen LogP contribution is 2.25. The summed E-state index contributed by atoms with van der Waals surface area (Å²) in [7, 11) is 0. The lowest BCUT2D eigenvalue weighted by Gasteiger charge is -2.09. The Balaban J connectivity index is 1.45. The van der Waals surface area contributed by atoms with Gasteiger partial charge >= 0.3 is 0 Å². The largest absolute Gasteiger partial charge is 0.314 e. The van der Waals surface area contributed by atoms with Crippen LogP contribution in [0.25, 0.3) is 11.0 Å². The zero-order valence-electron chi connectivity index (χ0n) is 16.2. The van der Waals surface area contributed by atoms with E-state index in [2.05, 4.69) is 68.3 Å². The highest BCUT2D eigenvalue weighted by atomic mass is 79.9. The minimum Gasteiger partial charge on any atom is -0.314 e. The summed E-state index contributed by atoms with van der Waals surface area (Å²) in [6, 6.07) is 20.4. The summed E-state index contributed by atoms with van der Waals surface area (Å²) in [5.41, 5.74) is 6.99. The molecule has 152 valence electrons. The number of thiophene rings is 1. The number of rotatable bonds is 7. The molecule has 0 fully saturated rings. The zero-order valence-corrected chi connectivity index (χ0v) is 19.4. The van der Waals surface area contributed by atoms with Gasteiger partial charge in [0.25, 0.3) is 5.91 Å². The molecule has 2 aromatic carbocycles. The molecule has 0 radical (unpaired) electrons. The number of halogens is 1. The van der Waals surface area contributed by atoms with Crippen LogP contribution in [-0.2, 0) is 11.3 Å². The normalized spacial score (nSPS) is 11.4. The molecule has 0 aliphatic heterocycles. The third-order valence-corrected chi connectivity index (χ3v) is 6.92. The number of carbonyl (C=O) groups excluding carboxylic acids is 1. The van der Waals surface area contributed by atoms with E-state index in [1.54, 1.807) is 17.6 Å². The number of carbonyl (C=O) groups is 1. The Morgan fingerprint density at radius 2 is 2.00 bits per heavy atom. The van der Waals surface area contributed by atoms with Gasteiger partial charge in [-0.1, -0.05) is 53.7 Å². The molecule has 5 nitrogen and oxygen atoms in total. The van der Waals surface area contributed by atoms with E-state index in [-0.39, 0.29) is 11.7 Å². The van der Waals surface area contributed by atoms with Crippen molar-refractivity contribution in [1.29, 1.82) is 0 Å². The number of hydrogen-bond acceptors (Lipinski definition) is 5. The highest BCUT2D eigenvalue weighted by molar-refractivity contribution is 9.11. The van der Waals surface area contributed by atoms with Crippen LogP contribution in [0.2, 0.25) is 0 Å².